The molecule has 0 radical (unpaired) electrons. The largest absolute Gasteiger partial charge is 0.487 e. The molecule has 2 N–H and O–H groups in total. The first-order chi connectivity index (χ1) is 8.05. The molecule has 1 aliphatic heterocycles. The Morgan fingerprint density at radius 1 is 1.35 bits per heavy atom. The summed E-state index contributed by atoms with van der Waals surface area (Å²) in [7, 11) is 0. The minimum absolute atomic E-state index is 0.0540. The Bertz CT molecular complexity index is 435. The molecule has 2 nitrogen and oxygen atoms in total. The second kappa shape index (κ2) is 3.74. The van der Waals surface area contributed by atoms with Crippen LogP contribution in [0, 0.1) is 5.92 Å². The lowest BCUT2D eigenvalue weighted by atomic mass is 9.77. The van der Waals surface area contributed by atoms with E-state index in [1.54, 1.807) is 0 Å². The monoisotopic (exact) mass is 231 g/mol. The van der Waals surface area contributed by atoms with Crippen molar-refractivity contribution in [2.75, 3.05) is 0 Å². The van der Waals surface area contributed by atoms with Crippen molar-refractivity contribution in [1.82, 2.24) is 0 Å². The number of nitrogens with two attached hydrogens (primary N) is 1. The fourth-order valence-electron chi connectivity index (χ4n) is 2.91. The van der Waals surface area contributed by atoms with Crippen LogP contribution >= 0.6 is 0 Å². The number of ether oxygens (including phenoxy) is 1. The molecule has 1 aliphatic carbocycles. The third-order valence-electron chi connectivity index (χ3n) is 4.13. The zero-order chi connectivity index (χ0) is 12.0. The topological polar surface area (TPSA) is 35.2 Å². The van der Waals surface area contributed by atoms with Crippen LogP contribution in [0.4, 0.5) is 0 Å². The molecule has 1 unspecified atom stereocenters. The van der Waals surface area contributed by atoms with Gasteiger partial charge in [0.15, 0.2) is 0 Å². The summed E-state index contributed by atoms with van der Waals surface area (Å²) in [6.45, 7) is 4.27. The lowest BCUT2D eigenvalue weighted by Gasteiger charge is -2.31. The fraction of sp³-hybridized carbons (Fsp3) is 0.600. The van der Waals surface area contributed by atoms with E-state index in [0.29, 0.717) is 5.92 Å². The van der Waals surface area contributed by atoms with E-state index in [2.05, 4.69) is 32.0 Å². The smallest absolute Gasteiger partial charge is 0.123 e. The van der Waals surface area contributed by atoms with Gasteiger partial charge in [-0.15, -0.1) is 0 Å². The molecule has 92 valence electrons. The third-order valence-corrected chi connectivity index (χ3v) is 4.13. The molecule has 0 saturated heterocycles. The van der Waals surface area contributed by atoms with Crippen LogP contribution in [0.3, 0.4) is 0 Å². The van der Waals surface area contributed by atoms with E-state index in [9.17, 15) is 0 Å². The molecule has 2 aliphatic rings. The molecule has 1 saturated carbocycles. The summed E-state index contributed by atoms with van der Waals surface area (Å²) in [6, 6.07) is 6.71. The highest BCUT2D eigenvalue weighted by Gasteiger charge is 2.31. The molecule has 2 heteroatoms. The van der Waals surface area contributed by atoms with Crippen LogP contribution in [-0.2, 0) is 6.42 Å². The van der Waals surface area contributed by atoms with Gasteiger partial charge in [-0.3, -0.25) is 0 Å². The van der Waals surface area contributed by atoms with Crippen molar-refractivity contribution in [2.45, 2.75) is 51.2 Å². The highest BCUT2D eigenvalue weighted by molar-refractivity contribution is 5.42. The van der Waals surface area contributed by atoms with Crippen molar-refractivity contribution in [3.05, 3.63) is 29.3 Å². The predicted molar refractivity (Wildman–Crippen MR) is 69.1 cm³/mol. The maximum absolute atomic E-state index is 6.32. The fourth-order valence-corrected chi connectivity index (χ4v) is 2.91. The van der Waals surface area contributed by atoms with E-state index in [1.807, 2.05) is 0 Å². The van der Waals surface area contributed by atoms with Crippen LogP contribution in [0.5, 0.6) is 5.75 Å². The van der Waals surface area contributed by atoms with Crippen LogP contribution in [0.1, 0.15) is 50.3 Å². The van der Waals surface area contributed by atoms with Gasteiger partial charge in [-0.2, -0.15) is 0 Å². The van der Waals surface area contributed by atoms with Crippen LogP contribution in [0.25, 0.3) is 0 Å². The SMILES string of the molecule is CC1(C)Cc2cc(C(N)C3CCC3)ccc2O1. The van der Waals surface area contributed by atoms with Crippen molar-refractivity contribution >= 4 is 0 Å². The molecule has 1 aromatic carbocycles. The Morgan fingerprint density at radius 2 is 2.12 bits per heavy atom. The zero-order valence-electron chi connectivity index (χ0n) is 10.7. The molecule has 1 aromatic rings. The lowest BCUT2D eigenvalue weighted by molar-refractivity contribution is 0.138. The highest BCUT2D eigenvalue weighted by Crippen LogP contribution is 2.40. The van der Waals surface area contributed by atoms with Crippen LogP contribution in [0.2, 0.25) is 0 Å². The number of rotatable bonds is 2. The first-order valence-corrected chi connectivity index (χ1v) is 6.63. The lowest BCUT2D eigenvalue weighted by Crippen LogP contribution is -2.26. The van der Waals surface area contributed by atoms with Crippen LogP contribution in [0.15, 0.2) is 18.2 Å². The summed E-state index contributed by atoms with van der Waals surface area (Å²) in [6.07, 6.45) is 4.92. The molecule has 1 heterocycles. The zero-order valence-corrected chi connectivity index (χ0v) is 10.7. The molecule has 1 atom stereocenters. The molecule has 0 spiro atoms. The summed E-state index contributed by atoms with van der Waals surface area (Å²) in [4.78, 5) is 0. The van der Waals surface area contributed by atoms with Crippen LogP contribution < -0.4 is 10.5 Å². The molecule has 17 heavy (non-hydrogen) atoms. The van der Waals surface area contributed by atoms with Gasteiger partial charge in [-0.05, 0) is 49.8 Å². The molecule has 0 amide bonds. The Labute approximate surface area is 103 Å². The number of hydrogen-bond acceptors (Lipinski definition) is 2. The van der Waals surface area contributed by atoms with E-state index < -0.39 is 0 Å². The maximum atomic E-state index is 6.32. The summed E-state index contributed by atoms with van der Waals surface area (Å²) in [5, 5.41) is 0. The number of hydrogen-bond donors (Lipinski definition) is 1. The van der Waals surface area contributed by atoms with Gasteiger partial charge in [0.2, 0.25) is 0 Å². The molecular formula is C15H21NO. The van der Waals surface area contributed by atoms with Crippen molar-refractivity contribution in [2.24, 2.45) is 11.7 Å². The molecule has 3 rings (SSSR count). The van der Waals surface area contributed by atoms with E-state index in [-0.39, 0.29) is 11.6 Å². The second-order valence-electron chi connectivity index (χ2n) is 6.12. The summed E-state index contributed by atoms with van der Waals surface area (Å²) < 4.78 is 5.89. The minimum atomic E-state index is -0.0540. The van der Waals surface area contributed by atoms with Crippen molar-refractivity contribution in [3.8, 4) is 5.75 Å². The average Bonchev–Trinajstić information content (AvgIpc) is 2.47. The van der Waals surface area contributed by atoms with E-state index in [0.717, 1.165) is 12.2 Å². The van der Waals surface area contributed by atoms with Gasteiger partial charge in [0.05, 0.1) is 0 Å². The Kier molecular flexibility index (Phi) is 2.44. The quantitative estimate of drug-likeness (QED) is 0.848. The molecule has 1 fully saturated rings. The van der Waals surface area contributed by atoms with E-state index in [1.165, 1.54) is 30.4 Å². The molecule has 0 aromatic heterocycles. The second-order valence-corrected chi connectivity index (χ2v) is 6.12. The van der Waals surface area contributed by atoms with Crippen molar-refractivity contribution in [3.63, 3.8) is 0 Å². The predicted octanol–water partition coefficient (Wildman–Crippen LogP) is 3.20. The standard InChI is InChI=1S/C15H21NO/c1-15(2)9-12-8-11(6-7-13(12)17-15)14(16)10-4-3-5-10/h6-8,10,14H,3-5,9,16H2,1-2H3. The van der Waals surface area contributed by atoms with Gasteiger partial charge in [0, 0.05) is 12.5 Å². The average molecular weight is 231 g/mol. The normalized spacial score (nSPS) is 23.7. The van der Waals surface area contributed by atoms with Gasteiger partial charge in [0.25, 0.3) is 0 Å². The first kappa shape index (κ1) is 11.1. The summed E-state index contributed by atoms with van der Waals surface area (Å²) in [5.74, 6) is 1.74. The van der Waals surface area contributed by atoms with Crippen molar-refractivity contribution < 1.29 is 4.74 Å². The van der Waals surface area contributed by atoms with Gasteiger partial charge in [-0.1, -0.05) is 18.6 Å². The summed E-state index contributed by atoms with van der Waals surface area (Å²) >= 11 is 0. The van der Waals surface area contributed by atoms with E-state index in [4.69, 9.17) is 10.5 Å². The number of fused-ring (bicyclic) bond motifs is 1. The van der Waals surface area contributed by atoms with Gasteiger partial charge < -0.3 is 10.5 Å². The maximum Gasteiger partial charge on any atom is 0.123 e. The highest BCUT2D eigenvalue weighted by atomic mass is 16.5. The minimum Gasteiger partial charge on any atom is -0.487 e. The third kappa shape index (κ3) is 1.95. The Hall–Kier alpha value is -1.02. The Balaban J connectivity index is 1.85. The Morgan fingerprint density at radius 3 is 2.76 bits per heavy atom. The molecular weight excluding hydrogens is 210 g/mol. The number of benzene rings is 1. The molecule has 0 bridgehead atoms. The van der Waals surface area contributed by atoms with Gasteiger partial charge in [0.1, 0.15) is 11.4 Å². The summed E-state index contributed by atoms with van der Waals surface area (Å²) in [5.41, 5.74) is 8.88. The van der Waals surface area contributed by atoms with Gasteiger partial charge in [-0.25, -0.2) is 0 Å². The van der Waals surface area contributed by atoms with Crippen LogP contribution in [-0.4, -0.2) is 5.60 Å². The van der Waals surface area contributed by atoms with Gasteiger partial charge >= 0.3 is 0 Å². The first-order valence-electron chi connectivity index (χ1n) is 6.63. The van der Waals surface area contributed by atoms with E-state index >= 15 is 0 Å². The van der Waals surface area contributed by atoms with Crippen molar-refractivity contribution in [1.29, 1.82) is 0 Å².